The van der Waals surface area contributed by atoms with Crippen LogP contribution in [0.1, 0.15) is 19.3 Å². The Morgan fingerprint density at radius 1 is 1.00 bits per heavy atom. The van der Waals surface area contributed by atoms with E-state index in [4.69, 9.17) is 25.8 Å². The zero-order chi connectivity index (χ0) is 18.2. The van der Waals surface area contributed by atoms with Gasteiger partial charge in [0, 0.05) is 22.3 Å². The van der Waals surface area contributed by atoms with E-state index >= 15 is 0 Å². The van der Waals surface area contributed by atoms with Crippen molar-refractivity contribution >= 4 is 39.5 Å². The molecule has 7 heteroatoms. The number of benzene rings is 2. The second-order valence-electron chi connectivity index (χ2n) is 5.05. The number of carbonyl (C=O) groups excluding carboxylic acids is 2. The monoisotopic (exact) mass is 426 g/mol. The van der Waals surface area contributed by atoms with Crippen molar-refractivity contribution in [2.24, 2.45) is 0 Å². The van der Waals surface area contributed by atoms with E-state index < -0.39 is 11.9 Å². The summed E-state index contributed by atoms with van der Waals surface area (Å²) in [6, 6.07) is 11.6. The quantitative estimate of drug-likeness (QED) is 0.469. The lowest BCUT2D eigenvalue weighted by Crippen LogP contribution is -2.12. The first kappa shape index (κ1) is 19.3. The molecule has 0 aromatic heterocycles. The third-order valence-electron chi connectivity index (χ3n) is 3.14. The Labute approximate surface area is 159 Å². The lowest BCUT2D eigenvalue weighted by molar-refractivity contribution is -0.136. The number of halogens is 2. The lowest BCUT2D eigenvalue weighted by atomic mass is 10.2. The normalized spacial score (nSPS) is 10.2. The van der Waals surface area contributed by atoms with Crippen molar-refractivity contribution in [3.63, 3.8) is 0 Å². The van der Waals surface area contributed by atoms with E-state index in [0.29, 0.717) is 28.7 Å². The van der Waals surface area contributed by atoms with Crippen molar-refractivity contribution in [3.8, 4) is 17.2 Å². The molecule has 2 rings (SSSR count). The van der Waals surface area contributed by atoms with Crippen LogP contribution >= 0.6 is 27.5 Å². The van der Waals surface area contributed by atoms with E-state index in [0.717, 1.165) is 4.47 Å². The first-order valence-electron chi connectivity index (χ1n) is 7.48. The number of hydrogen-bond donors (Lipinski definition) is 0. The number of ether oxygens (including phenoxy) is 3. The lowest BCUT2D eigenvalue weighted by Gasteiger charge is -2.09. The van der Waals surface area contributed by atoms with Crippen LogP contribution in [0.15, 0.2) is 46.9 Å². The molecule has 0 bridgehead atoms. The van der Waals surface area contributed by atoms with Gasteiger partial charge >= 0.3 is 11.9 Å². The first-order chi connectivity index (χ1) is 12.0. The third-order valence-corrected chi connectivity index (χ3v) is 3.87. The molecular weight excluding hydrogens is 412 g/mol. The van der Waals surface area contributed by atoms with Gasteiger partial charge in [0.15, 0.2) is 11.5 Å². The second-order valence-corrected chi connectivity index (χ2v) is 6.41. The molecule has 0 atom stereocenters. The summed E-state index contributed by atoms with van der Waals surface area (Å²) >= 11 is 9.13. The molecule has 5 nitrogen and oxygen atoms in total. The minimum absolute atomic E-state index is 0.0872. The SMILES string of the molecule is COc1cc(Br)ccc1OC(=O)CCCC(=O)Oc1cccc(Cl)c1. The Balaban J connectivity index is 1.77. The topological polar surface area (TPSA) is 61.8 Å². The molecule has 0 amide bonds. The predicted octanol–water partition coefficient (Wildman–Crippen LogP) is 4.79. The van der Waals surface area contributed by atoms with Crippen LogP contribution in [0.4, 0.5) is 0 Å². The van der Waals surface area contributed by atoms with Crippen molar-refractivity contribution < 1.29 is 23.8 Å². The van der Waals surface area contributed by atoms with Crippen LogP contribution < -0.4 is 14.2 Å². The van der Waals surface area contributed by atoms with Crippen molar-refractivity contribution in [1.82, 2.24) is 0 Å². The van der Waals surface area contributed by atoms with Gasteiger partial charge in [-0.15, -0.1) is 0 Å². The molecule has 0 saturated carbocycles. The molecule has 0 aliphatic heterocycles. The van der Waals surface area contributed by atoms with Gasteiger partial charge < -0.3 is 14.2 Å². The predicted molar refractivity (Wildman–Crippen MR) is 97.3 cm³/mol. The molecule has 2 aromatic carbocycles. The van der Waals surface area contributed by atoms with E-state index in [1.807, 2.05) is 0 Å². The maximum absolute atomic E-state index is 11.9. The third kappa shape index (κ3) is 6.40. The van der Waals surface area contributed by atoms with Gasteiger partial charge in [0.2, 0.25) is 0 Å². The first-order valence-corrected chi connectivity index (χ1v) is 8.65. The van der Waals surface area contributed by atoms with E-state index in [9.17, 15) is 9.59 Å². The van der Waals surface area contributed by atoms with Gasteiger partial charge in [-0.3, -0.25) is 9.59 Å². The van der Waals surface area contributed by atoms with Crippen LogP contribution in [0.5, 0.6) is 17.2 Å². The summed E-state index contributed by atoms with van der Waals surface area (Å²) in [5, 5.41) is 0.484. The van der Waals surface area contributed by atoms with Crippen molar-refractivity contribution in [2.75, 3.05) is 7.11 Å². The molecule has 0 heterocycles. The van der Waals surface area contributed by atoms with Crippen LogP contribution in [-0.2, 0) is 9.59 Å². The molecule has 0 N–H and O–H groups in total. The Morgan fingerprint density at radius 3 is 2.40 bits per heavy atom. The van der Waals surface area contributed by atoms with Gasteiger partial charge in [-0.25, -0.2) is 0 Å². The Hall–Kier alpha value is -2.05. The highest BCUT2D eigenvalue weighted by atomic mass is 79.9. The number of rotatable bonds is 7. The summed E-state index contributed by atoms with van der Waals surface area (Å²) < 4.78 is 16.4. The molecule has 0 aliphatic rings. The van der Waals surface area contributed by atoms with Gasteiger partial charge in [0.25, 0.3) is 0 Å². The molecular formula is C18H16BrClO5. The highest BCUT2D eigenvalue weighted by Gasteiger charge is 2.12. The van der Waals surface area contributed by atoms with E-state index in [1.165, 1.54) is 7.11 Å². The molecule has 0 aliphatic carbocycles. The average Bonchev–Trinajstić information content (AvgIpc) is 2.56. The zero-order valence-electron chi connectivity index (χ0n) is 13.5. The molecule has 0 saturated heterocycles. The molecule has 0 radical (unpaired) electrons. The maximum Gasteiger partial charge on any atom is 0.311 e. The second kappa shape index (κ2) is 9.44. The fourth-order valence-corrected chi connectivity index (χ4v) is 2.51. The van der Waals surface area contributed by atoms with Crippen LogP contribution in [0, 0.1) is 0 Å². The van der Waals surface area contributed by atoms with Crippen molar-refractivity contribution in [3.05, 3.63) is 52.0 Å². The molecule has 0 unspecified atom stereocenters. The molecule has 132 valence electrons. The smallest absolute Gasteiger partial charge is 0.311 e. The summed E-state index contributed by atoms with van der Waals surface area (Å²) in [5.74, 6) is 0.271. The Morgan fingerprint density at radius 2 is 1.72 bits per heavy atom. The number of esters is 2. The highest BCUT2D eigenvalue weighted by molar-refractivity contribution is 9.10. The molecule has 0 fully saturated rings. The van der Waals surface area contributed by atoms with Crippen LogP contribution in [0.25, 0.3) is 0 Å². The summed E-state index contributed by atoms with van der Waals surface area (Å²) in [6.07, 6.45) is 0.500. The fraction of sp³-hybridized carbons (Fsp3) is 0.222. The highest BCUT2D eigenvalue weighted by Crippen LogP contribution is 2.30. The van der Waals surface area contributed by atoms with Gasteiger partial charge in [0.05, 0.1) is 7.11 Å². The standard InChI is InChI=1S/C18H16BrClO5/c1-23-16-10-12(19)8-9-15(16)25-18(22)7-3-6-17(21)24-14-5-2-4-13(20)11-14/h2,4-5,8-11H,3,6-7H2,1H3. The minimum atomic E-state index is -0.448. The zero-order valence-corrected chi connectivity index (χ0v) is 15.8. The molecule has 2 aromatic rings. The number of carbonyl (C=O) groups is 2. The van der Waals surface area contributed by atoms with Crippen LogP contribution in [0.3, 0.4) is 0 Å². The largest absolute Gasteiger partial charge is 0.493 e. The van der Waals surface area contributed by atoms with Crippen LogP contribution in [-0.4, -0.2) is 19.0 Å². The fourth-order valence-electron chi connectivity index (χ4n) is 1.99. The van der Waals surface area contributed by atoms with E-state index in [-0.39, 0.29) is 12.8 Å². The summed E-state index contributed by atoms with van der Waals surface area (Å²) in [4.78, 5) is 23.6. The van der Waals surface area contributed by atoms with Crippen molar-refractivity contribution in [2.45, 2.75) is 19.3 Å². The minimum Gasteiger partial charge on any atom is -0.493 e. The van der Waals surface area contributed by atoms with Gasteiger partial charge in [-0.05, 0) is 42.8 Å². The number of methoxy groups -OCH3 is 1. The van der Waals surface area contributed by atoms with Gasteiger partial charge in [-0.1, -0.05) is 33.6 Å². The summed E-state index contributed by atoms with van der Waals surface area (Å²) in [5.41, 5.74) is 0. The van der Waals surface area contributed by atoms with Crippen molar-refractivity contribution in [1.29, 1.82) is 0 Å². The summed E-state index contributed by atoms with van der Waals surface area (Å²) in [6.45, 7) is 0. The Kier molecular flexibility index (Phi) is 7.28. The van der Waals surface area contributed by atoms with Gasteiger partial charge in [-0.2, -0.15) is 0 Å². The molecule has 25 heavy (non-hydrogen) atoms. The number of hydrogen-bond acceptors (Lipinski definition) is 5. The van der Waals surface area contributed by atoms with E-state index in [2.05, 4.69) is 15.9 Å². The van der Waals surface area contributed by atoms with E-state index in [1.54, 1.807) is 42.5 Å². The molecule has 0 spiro atoms. The Bertz CT molecular complexity index is 763. The van der Waals surface area contributed by atoms with Crippen LogP contribution in [0.2, 0.25) is 5.02 Å². The summed E-state index contributed by atoms with van der Waals surface area (Å²) in [7, 11) is 1.49. The average molecular weight is 428 g/mol. The maximum atomic E-state index is 11.9. The van der Waals surface area contributed by atoms with Gasteiger partial charge in [0.1, 0.15) is 5.75 Å².